The number of halogens is 1. The Balaban J connectivity index is 1.70. The molecule has 3 aliphatic heterocycles. The van der Waals surface area contributed by atoms with Gasteiger partial charge in [0.25, 0.3) is 0 Å². The van der Waals surface area contributed by atoms with Crippen molar-refractivity contribution in [1.29, 1.82) is 0 Å². The number of ether oxygens (including phenoxy) is 1. The van der Waals surface area contributed by atoms with Crippen molar-refractivity contribution in [2.45, 2.75) is 12.6 Å². The maximum absolute atomic E-state index is 6.44. The van der Waals surface area contributed by atoms with Crippen LogP contribution in [0.4, 0.5) is 0 Å². The van der Waals surface area contributed by atoms with Gasteiger partial charge in [0.1, 0.15) is 5.16 Å². The van der Waals surface area contributed by atoms with E-state index in [-0.39, 0.29) is 0 Å². The summed E-state index contributed by atoms with van der Waals surface area (Å²) >= 11 is 6.44. The van der Waals surface area contributed by atoms with Gasteiger partial charge in [-0.05, 0) is 12.1 Å². The minimum atomic E-state index is 0.532. The highest BCUT2D eigenvalue weighted by Crippen LogP contribution is 2.29. The third-order valence-electron chi connectivity index (χ3n) is 4.34. The van der Waals surface area contributed by atoms with Crippen molar-refractivity contribution in [3.05, 3.63) is 22.3 Å². The Hall–Kier alpha value is -0.970. The van der Waals surface area contributed by atoms with Gasteiger partial charge in [0, 0.05) is 49.5 Å². The van der Waals surface area contributed by atoms with E-state index < -0.39 is 0 Å². The maximum Gasteiger partial charge on any atom is 0.114 e. The van der Waals surface area contributed by atoms with Crippen molar-refractivity contribution in [2.75, 3.05) is 32.8 Å². The smallest absolute Gasteiger partial charge is 0.114 e. The van der Waals surface area contributed by atoms with Gasteiger partial charge in [-0.3, -0.25) is 4.90 Å². The molecule has 4 heterocycles. The number of hydrogen-bond donors (Lipinski definition) is 0. The highest BCUT2D eigenvalue weighted by Gasteiger charge is 2.36. The molecular formula is C14H18ClN3O. The molecule has 1 atom stereocenters. The van der Waals surface area contributed by atoms with E-state index in [9.17, 15) is 0 Å². The summed E-state index contributed by atoms with van der Waals surface area (Å²) in [5, 5.41) is 3.40. The van der Waals surface area contributed by atoms with E-state index >= 15 is 0 Å². The number of fused-ring (bicyclic) bond motifs is 2. The first-order chi connectivity index (χ1) is 9.24. The van der Waals surface area contributed by atoms with Crippen LogP contribution in [0.5, 0.6) is 0 Å². The second kappa shape index (κ2) is 4.27. The summed E-state index contributed by atoms with van der Waals surface area (Å²) in [5.41, 5.74) is 1.34. The molecule has 0 saturated carbocycles. The van der Waals surface area contributed by atoms with Crippen LogP contribution >= 0.6 is 11.6 Å². The first-order valence-corrected chi connectivity index (χ1v) is 7.25. The van der Waals surface area contributed by atoms with E-state index in [0.29, 0.717) is 6.04 Å². The monoisotopic (exact) mass is 279 g/mol. The van der Waals surface area contributed by atoms with Gasteiger partial charge in [-0.1, -0.05) is 11.6 Å². The van der Waals surface area contributed by atoms with Gasteiger partial charge in [0.2, 0.25) is 0 Å². The van der Waals surface area contributed by atoms with Crippen molar-refractivity contribution in [1.82, 2.24) is 14.4 Å². The molecule has 0 bridgehead atoms. The molecule has 1 unspecified atom stereocenters. The molecule has 2 fully saturated rings. The minimum Gasteiger partial charge on any atom is -0.379 e. The van der Waals surface area contributed by atoms with Crippen LogP contribution in [0.3, 0.4) is 0 Å². The number of nitrogens with zero attached hydrogens (tertiary/aromatic N) is 3. The predicted octanol–water partition coefficient (Wildman–Crippen LogP) is -0.360. The number of aromatic nitrogens is 1. The van der Waals surface area contributed by atoms with Gasteiger partial charge in [0.15, 0.2) is 0 Å². The van der Waals surface area contributed by atoms with Crippen molar-refractivity contribution < 1.29 is 4.74 Å². The normalized spacial score (nSPS) is 25.9. The second-order valence-electron chi connectivity index (χ2n) is 5.56. The lowest BCUT2D eigenvalue weighted by Gasteiger charge is -2.26. The second-order valence-corrected chi connectivity index (χ2v) is 5.92. The average Bonchev–Trinajstić information content (AvgIpc) is 3.14. The summed E-state index contributed by atoms with van der Waals surface area (Å²) in [6.07, 6.45) is 2.34. The number of hydrogen-bond acceptors (Lipinski definition) is 3. The SMILES string of the molecule is Cn1c(CN2CCOCC2)cc2c1=CC1CN1C=2Cl. The molecular weight excluding hydrogens is 262 g/mol. The summed E-state index contributed by atoms with van der Waals surface area (Å²) in [4.78, 5) is 4.68. The minimum absolute atomic E-state index is 0.532. The fourth-order valence-electron chi connectivity index (χ4n) is 3.04. The molecule has 4 nitrogen and oxygen atoms in total. The zero-order valence-electron chi connectivity index (χ0n) is 11.1. The van der Waals surface area contributed by atoms with Gasteiger partial charge in [0.05, 0.1) is 19.3 Å². The van der Waals surface area contributed by atoms with E-state index in [1.165, 1.54) is 16.3 Å². The molecule has 0 N–H and O–H groups in total. The molecule has 1 aromatic heterocycles. The van der Waals surface area contributed by atoms with Crippen LogP contribution in [-0.2, 0) is 18.3 Å². The van der Waals surface area contributed by atoms with Crippen molar-refractivity contribution in [3.63, 3.8) is 0 Å². The van der Waals surface area contributed by atoms with E-state index in [1.54, 1.807) is 0 Å². The fourth-order valence-corrected chi connectivity index (χ4v) is 3.39. The van der Waals surface area contributed by atoms with Crippen molar-refractivity contribution >= 4 is 22.8 Å². The molecule has 0 radical (unpaired) electrons. The molecule has 0 aliphatic carbocycles. The van der Waals surface area contributed by atoms with E-state index in [2.05, 4.69) is 33.6 Å². The largest absolute Gasteiger partial charge is 0.379 e. The molecule has 4 rings (SSSR count). The van der Waals surface area contributed by atoms with Gasteiger partial charge >= 0.3 is 0 Å². The maximum atomic E-state index is 6.44. The fraction of sp³-hybridized carbons (Fsp3) is 0.571. The van der Waals surface area contributed by atoms with Crippen LogP contribution in [0.15, 0.2) is 6.07 Å². The predicted molar refractivity (Wildman–Crippen MR) is 75.0 cm³/mol. The Kier molecular flexibility index (Phi) is 2.65. The van der Waals surface area contributed by atoms with Gasteiger partial charge in [-0.2, -0.15) is 0 Å². The quantitative estimate of drug-likeness (QED) is 0.545. The summed E-state index contributed by atoms with van der Waals surface area (Å²) in [6.45, 7) is 5.79. The lowest BCUT2D eigenvalue weighted by atomic mass is 10.3. The zero-order valence-corrected chi connectivity index (χ0v) is 11.9. The molecule has 0 spiro atoms. The molecule has 19 heavy (non-hydrogen) atoms. The topological polar surface area (TPSA) is 20.4 Å². The zero-order chi connectivity index (χ0) is 13.0. The average molecular weight is 280 g/mol. The van der Waals surface area contributed by atoms with E-state index in [0.717, 1.165) is 44.5 Å². The Morgan fingerprint density at radius 2 is 2.16 bits per heavy atom. The third-order valence-corrected chi connectivity index (χ3v) is 4.76. The number of rotatable bonds is 2. The Bertz CT molecular complexity index is 630. The lowest BCUT2D eigenvalue weighted by Crippen LogP contribution is -2.37. The Morgan fingerprint density at radius 1 is 1.37 bits per heavy atom. The molecule has 2 saturated heterocycles. The van der Waals surface area contributed by atoms with Crippen LogP contribution in [0, 0.1) is 0 Å². The van der Waals surface area contributed by atoms with Crippen molar-refractivity contribution in [3.8, 4) is 0 Å². The van der Waals surface area contributed by atoms with E-state index in [1.807, 2.05) is 0 Å². The van der Waals surface area contributed by atoms with Crippen LogP contribution < -0.4 is 10.6 Å². The summed E-state index contributed by atoms with van der Waals surface area (Å²) in [5.74, 6) is 0. The lowest BCUT2D eigenvalue weighted by molar-refractivity contribution is 0.0333. The van der Waals surface area contributed by atoms with Crippen LogP contribution in [-0.4, -0.2) is 53.3 Å². The summed E-state index contributed by atoms with van der Waals surface area (Å²) in [7, 11) is 2.15. The summed E-state index contributed by atoms with van der Waals surface area (Å²) < 4.78 is 7.69. The van der Waals surface area contributed by atoms with Gasteiger partial charge < -0.3 is 14.2 Å². The molecule has 3 aliphatic rings. The molecule has 0 amide bonds. The Morgan fingerprint density at radius 3 is 2.95 bits per heavy atom. The van der Waals surface area contributed by atoms with Gasteiger partial charge in [-0.25, -0.2) is 0 Å². The summed E-state index contributed by atoms with van der Waals surface area (Å²) in [6, 6.07) is 2.78. The molecule has 1 aromatic rings. The van der Waals surface area contributed by atoms with Crippen LogP contribution in [0.2, 0.25) is 0 Å². The highest BCUT2D eigenvalue weighted by molar-refractivity contribution is 6.45. The standard InChI is InChI=1S/C14H18ClN3O/c1-16-10(8-17-2-4-19-5-3-17)6-12-13(16)7-11-9-18(11)14(12)15/h6-7,11H,2-5,8-9H2,1H3. The van der Waals surface area contributed by atoms with Crippen LogP contribution in [0.1, 0.15) is 5.69 Å². The molecule has 0 aromatic carbocycles. The molecule has 5 heteroatoms. The molecule has 102 valence electrons. The van der Waals surface area contributed by atoms with Gasteiger partial charge in [-0.15, -0.1) is 0 Å². The number of morpholine rings is 1. The highest BCUT2D eigenvalue weighted by atomic mass is 35.5. The third kappa shape index (κ3) is 1.90. The first kappa shape index (κ1) is 11.8. The van der Waals surface area contributed by atoms with Crippen LogP contribution in [0.25, 0.3) is 11.2 Å². The van der Waals surface area contributed by atoms with E-state index in [4.69, 9.17) is 16.3 Å². The van der Waals surface area contributed by atoms with Crippen molar-refractivity contribution in [2.24, 2.45) is 7.05 Å². The first-order valence-electron chi connectivity index (χ1n) is 6.87. The Labute approximate surface area is 117 Å².